The average Bonchev–Trinajstić information content (AvgIpc) is 3.27. The number of amides is 1. The average molecular weight is 450 g/mol. The highest BCUT2D eigenvalue weighted by Gasteiger charge is 2.19. The highest BCUT2D eigenvalue weighted by Crippen LogP contribution is 2.28. The van der Waals surface area contributed by atoms with Crippen molar-refractivity contribution in [1.29, 1.82) is 0 Å². The molecule has 0 spiro atoms. The van der Waals surface area contributed by atoms with Gasteiger partial charge in [0.05, 0.1) is 17.2 Å². The minimum absolute atomic E-state index is 0.0820. The first-order valence-electron chi connectivity index (χ1n) is 8.90. The van der Waals surface area contributed by atoms with Crippen molar-refractivity contribution in [1.82, 2.24) is 24.4 Å². The van der Waals surface area contributed by atoms with Crippen molar-refractivity contribution < 1.29 is 14.3 Å². The number of thiophene rings is 1. The summed E-state index contributed by atoms with van der Waals surface area (Å²) in [5, 5.41) is 4.76. The molecule has 158 valence electrons. The van der Waals surface area contributed by atoms with E-state index in [9.17, 15) is 19.2 Å². The Morgan fingerprint density at radius 1 is 1.23 bits per heavy atom. The molecular formula is C18H19N5O5S2. The Labute approximate surface area is 178 Å². The van der Waals surface area contributed by atoms with Gasteiger partial charge in [-0.15, -0.1) is 11.3 Å². The topological polar surface area (TPSA) is 125 Å². The number of aromatic nitrogens is 4. The molecule has 0 aliphatic carbocycles. The van der Waals surface area contributed by atoms with Crippen LogP contribution in [0.1, 0.15) is 6.92 Å². The second kappa shape index (κ2) is 9.22. The molecule has 3 aromatic heterocycles. The van der Waals surface area contributed by atoms with Crippen LogP contribution < -0.4 is 16.6 Å². The molecule has 0 aromatic carbocycles. The maximum atomic E-state index is 12.7. The fraction of sp³-hybridized carbons (Fsp3) is 0.333. The molecule has 0 radical (unpaired) electrons. The van der Waals surface area contributed by atoms with Crippen LogP contribution in [0.3, 0.4) is 0 Å². The summed E-state index contributed by atoms with van der Waals surface area (Å²) in [4.78, 5) is 58.3. The van der Waals surface area contributed by atoms with E-state index in [1.54, 1.807) is 6.92 Å². The van der Waals surface area contributed by atoms with Crippen molar-refractivity contribution >= 4 is 46.0 Å². The molecule has 0 unspecified atom stereocenters. The van der Waals surface area contributed by atoms with E-state index in [-0.39, 0.29) is 35.0 Å². The van der Waals surface area contributed by atoms with Gasteiger partial charge in [-0.25, -0.2) is 14.8 Å². The van der Waals surface area contributed by atoms with Gasteiger partial charge in [-0.1, -0.05) is 17.8 Å². The second-order valence-electron chi connectivity index (χ2n) is 6.10. The summed E-state index contributed by atoms with van der Waals surface area (Å²) < 4.78 is 7.02. The van der Waals surface area contributed by atoms with Crippen molar-refractivity contribution in [2.24, 2.45) is 14.1 Å². The van der Waals surface area contributed by atoms with Gasteiger partial charge in [0, 0.05) is 14.1 Å². The molecule has 12 heteroatoms. The first-order valence-corrected chi connectivity index (χ1v) is 10.8. The molecule has 0 atom stereocenters. The number of hydrogen-bond donors (Lipinski definition) is 1. The maximum Gasteiger partial charge on any atom is 0.332 e. The first-order chi connectivity index (χ1) is 14.3. The summed E-state index contributed by atoms with van der Waals surface area (Å²) in [5.74, 6) is -0.678. The van der Waals surface area contributed by atoms with Gasteiger partial charge in [0.2, 0.25) is 5.91 Å². The Morgan fingerprint density at radius 3 is 2.67 bits per heavy atom. The Kier molecular flexibility index (Phi) is 6.67. The predicted octanol–water partition coefficient (Wildman–Crippen LogP) is 0.527. The molecule has 3 aromatic rings. The number of esters is 1. The van der Waals surface area contributed by atoms with E-state index in [2.05, 4.69) is 15.3 Å². The van der Waals surface area contributed by atoms with E-state index >= 15 is 0 Å². The smallest absolute Gasteiger partial charge is 0.332 e. The third-order valence-corrected chi connectivity index (χ3v) is 5.92. The van der Waals surface area contributed by atoms with Gasteiger partial charge in [-0.2, -0.15) is 0 Å². The van der Waals surface area contributed by atoms with E-state index in [0.717, 1.165) is 21.2 Å². The Balaban J connectivity index is 1.98. The van der Waals surface area contributed by atoms with Crippen LogP contribution in [0.25, 0.3) is 21.7 Å². The van der Waals surface area contributed by atoms with Crippen LogP contribution in [0.4, 0.5) is 0 Å². The summed E-state index contributed by atoms with van der Waals surface area (Å²) in [6, 6.07) is 3.66. The van der Waals surface area contributed by atoms with Gasteiger partial charge >= 0.3 is 11.7 Å². The van der Waals surface area contributed by atoms with Crippen molar-refractivity contribution in [3.8, 4) is 10.7 Å². The lowest BCUT2D eigenvalue weighted by atomic mass is 10.3. The zero-order valence-corrected chi connectivity index (χ0v) is 18.1. The molecule has 1 N–H and O–H groups in total. The summed E-state index contributed by atoms with van der Waals surface area (Å²) in [6.07, 6.45) is 0. The van der Waals surface area contributed by atoms with Crippen LogP contribution in [0.15, 0.2) is 32.1 Å². The number of fused-ring (bicyclic) bond motifs is 1. The minimum Gasteiger partial charge on any atom is -0.465 e. The van der Waals surface area contributed by atoms with Gasteiger partial charge in [0.15, 0.2) is 11.5 Å². The van der Waals surface area contributed by atoms with Gasteiger partial charge < -0.3 is 10.1 Å². The third kappa shape index (κ3) is 4.44. The highest BCUT2D eigenvalue weighted by atomic mass is 32.2. The lowest BCUT2D eigenvalue weighted by Crippen LogP contribution is -2.37. The van der Waals surface area contributed by atoms with Crippen LogP contribution in [0.5, 0.6) is 0 Å². The quantitative estimate of drug-likeness (QED) is 0.315. The first kappa shape index (κ1) is 21.7. The van der Waals surface area contributed by atoms with Crippen LogP contribution in [0, 0.1) is 0 Å². The Bertz CT molecular complexity index is 1220. The molecule has 3 rings (SSSR count). The summed E-state index contributed by atoms with van der Waals surface area (Å²) in [7, 11) is 2.90. The molecule has 30 heavy (non-hydrogen) atoms. The SMILES string of the molecule is CCOC(=O)CNC(=O)CSc1nc(-c2cccs2)nc2c1c(=O)n(C)c(=O)n2C. The second-order valence-corrected chi connectivity index (χ2v) is 8.02. The number of aryl methyl sites for hydroxylation is 1. The number of rotatable bonds is 7. The minimum atomic E-state index is -0.541. The number of thioether (sulfide) groups is 1. The normalized spacial score (nSPS) is 10.9. The number of ether oxygens (including phenoxy) is 1. The van der Waals surface area contributed by atoms with Gasteiger partial charge in [-0.3, -0.25) is 23.5 Å². The molecule has 0 aliphatic heterocycles. The van der Waals surface area contributed by atoms with Crippen LogP contribution >= 0.6 is 23.1 Å². The molecule has 0 fully saturated rings. The van der Waals surface area contributed by atoms with Crippen LogP contribution in [0.2, 0.25) is 0 Å². The van der Waals surface area contributed by atoms with Gasteiger partial charge in [0.1, 0.15) is 17.0 Å². The summed E-state index contributed by atoms with van der Waals surface area (Å²) >= 11 is 2.45. The van der Waals surface area contributed by atoms with E-state index in [1.807, 2.05) is 17.5 Å². The van der Waals surface area contributed by atoms with Crippen molar-refractivity contribution in [2.75, 3.05) is 18.9 Å². The van der Waals surface area contributed by atoms with Crippen LogP contribution in [-0.2, 0) is 28.4 Å². The molecule has 1 amide bonds. The lowest BCUT2D eigenvalue weighted by molar-refractivity contribution is -0.143. The third-order valence-electron chi connectivity index (χ3n) is 4.08. The predicted molar refractivity (Wildman–Crippen MR) is 114 cm³/mol. The van der Waals surface area contributed by atoms with E-state index in [1.165, 1.54) is 30.0 Å². The molecule has 0 aliphatic rings. The largest absolute Gasteiger partial charge is 0.465 e. The zero-order valence-electron chi connectivity index (χ0n) is 16.5. The molecule has 0 saturated carbocycles. The highest BCUT2D eigenvalue weighted by molar-refractivity contribution is 8.00. The van der Waals surface area contributed by atoms with E-state index in [0.29, 0.717) is 5.82 Å². The molecular weight excluding hydrogens is 430 g/mol. The fourth-order valence-corrected chi connectivity index (χ4v) is 4.12. The number of nitrogens with one attached hydrogen (secondary N) is 1. The summed E-state index contributed by atoms with van der Waals surface area (Å²) in [5.41, 5.74) is -0.859. The maximum absolute atomic E-state index is 12.7. The lowest BCUT2D eigenvalue weighted by Gasteiger charge is -2.11. The van der Waals surface area contributed by atoms with Crippen LogP contribution in [-0.4, -0.2) is 49.9 Å². The fourth-order valence-electron chi connectivity index (χ4n) is 2.62. The molecule has 0 saturated heterocycles. The van der Waals surface area contributed by atoms with Crippen molar-refractivity contribution in [2.45, 2.75) is 11.9 Å². The summed E-state index contributed by atoms with van der Waals surface area (Å²) in [6.45, 7) is 1.66. The van der Waals surface area contributed by atoms with Gasteiger partial charge in [-0.05, 0) is 18.4 Å². The number of hydrogen-bond acceptors (Lipinski definition) is 9. The molecule has 0 bridgehead atoms. The van der Waals surface area contributed by atoms with E-state index < -0.39 is 23.1 Å². The standard InChI is InChI=1S/C18H19N5O5S2/c1-4-28-12(25)8-19-11(24)9-30-16-13-15(22(2)18(27)23(3)17(13)26)20-14(21-16)10-6-5-7-29-10/h5-7H,4,8-9H2,1-3H3,(H,19,24). The monoisotopic (exact) mass is 449 g/mol. The van der Waals surface area contributed by atoms with Gasteiger partial charge in [0.25, 0.3) is 5.56 Å². The van der Waals surface area contributed by atoms with Crippen molar-refractivity contribution in [3.63, 3.8) is 0 Å². The Morgan fingerprint density at radius 2 is 2.00 bits per heavy atom. The van der Waals surface area contributed by atoms with E-state index in [4.69, 9.17) is 4.74 Å². The molecule has 3 heterocycles. The van der Waals surface area contributed by atoms with Crippen molar-refractivity contribution in [3.05, 3.63) is 38.4 Å². The number of carbonyl (C=O) groups excluding carboxylic acids is 2. The number of nitrogens with zero attached hydrogens (tertiary/aromatic N) is 4. The number of carbonyl (C=O) groups is 2. The molecule has 10 nitrogen and oxygen atoms in total. The zero-order chi connectivity index (χ0) is 21.8. The Hall–Kier alpha value is -2.99.